The molecule has 0 aliphatic carbocycles. The molecular weight excluding hydrogens is 288 g/mol. The molecule has 2 heterocycles. The highest BCUT2D eigenvalue weighted by Crippen LogP contribution is 2.30. The lowest BCUT2D eigenvalue weighted by Crippen LogP contribution is -3.20. The molecule has 3 N–H and O–H groups in total. The lowest BCUT2D eigenvalue weighted by atomic mass is 10.1. The summed E-state index contributed by atoms with van der Waals surface area (Å²) in [5, 5.41) is 13.3. The molecule has 0 saturated carbocycles. The number of piperazine rings is 1. The van der Waals surface area contributed by atoms with E-state index in [-0.39, 0.29) is 16.8 Å². The van der Waals surface area contributed by atoms with Crippen LogP contribution in [0, 0.1) is 10.1 Å². The maximum Gasteiger partial charge on any atom is 0.282 e. The molecule has 0 bridgehead atoms. The highest BCUT2D eigenvalue weighted by atomic mass is 16.6. The predicted octanol–water partition coefficient (Wildman–Crippen LogP) is -2.35. The second-order valence-electron chi connectivity index (χ2n) is 5.58. The summed E-state index contributed by atoms with van der Waals surface area (Å²) in [5.74, 6) is -0.970. The Hall–Kier alpha value is -2.32. The van der Waals surface area contributed by atoms with Crippen molar-refractivity contribution in [2.75, 3.05) is 39.3 Å². The first-order valence-corrected chi connectivity index (χ1v) is 7.38. The van der Waals surface area contributed by atoms with Gasteiger partial charge in [-0.25, -0.2) is 0 Å². The molecule has 8 heteroatoms. The Labute approximate surface area is 126 Å². The molecule has 0 aromatic heterocycles. The maximum absolute atomic E-state index is 12.4. The number of imide groups is 1. The fourth-order valence-electron chi connectivity index (χ4n) is 3.07. The van der Waals surface area contributed by atoms with Crippen molar-refractivity contribution in [3.63, 3.8) is 0 Å². The van der Waals surface area contributed by atoms with Gasteiger partial charge in [0, 0.05) is 6.07 Å². The lowest BCUT2D eigenvalue weighted by molar-refractivity contribution is -0.946. The zero-order chi connectivity index (χ0) is 15.7. The molecule has 116 valence electrons. The molecule has 0 radical (unpaired) electrons. The van der Waals surface area contributed by atoms with Crippen molar-refractivity contribution in [2.45, 2.75) is 0 Å². The summed E-state index contributed by atoms with van der Waals surface area (Å²) in [6.45, 7) is 5.09. The number of nitrogens with two attached hydrogens (primary N) is 1. The molecule has 22 heavy (non-hydrogen) atoms. The van der Waals surface area contributed by atoms with Crippen molar-refractivity contribution in [3.05, 3.63) is 39.4 Å². The second-order valence-corrected chi connectivity index (χ2v) is 5.58. The summed E-state index contributed by atoms with van der Waals surface area (Å²) in [6, 6.07) is 4.18. The lowest BCUT2D eigenvalue weighted by Gasteiger charge is -2.24. The van der Waals surface area contributed by atoms with E-state index < -0.39 is 16.7 Å². The van der Waals surface area contributed by atoms with Gasteiger partial charge in [0.25, 0.3) is 17.5 Å². The van der Waals surface area contributed by atoms with Crippen LogP contribution in [0.25, 0.3) is 0 Å². The summed E-state index contributed by atoms with van der Waals surface area (Å²) in [6.07, 6.45) is 0. The van der Waals surface area contributed by atoms with E-state index in [2.05, 4.69) is 5.32 Å². The van der Waals surface area contributed by atoms with Crippen LogP contribution in [0.3, 0.4) is 0 Å². The van der Waals surface area contributed by atoms with Crippen LogP contribution in [0.4, 0.5) is 5.69 Å². The Morgan fingerprint density at radius 1 is 1.23 bits per heavy atom. The predicted molar refractivity (Wildman–Crippen MR) is 75.7 cm³/mol. The summed E-state index contributed by atoms with van der Waals surface area (Å²) < 4.78 is 0. The van der Waals surface area contributed by atoms with Crippen LogP contribution in [0.1, 0.15) is 20.7 Å². The first-order valence-electron chi connectivity index (χ1n) is 7.38. The number of amides is 2. The van der Waals surface area contributed by atoms with Crippen molar-refractivity contribution < 1.29 is 24.7 Å². The minimum absolute atomic E-state index is 0.0699. The van der Waals surface area contributed by atoms with Crippen LogP contribution in [0.15, 0.2) is 18.2 Å². The number of nitro benzene ring substituents is 1. The molecule has 0 atom stereocenters. The van der Waals surface area contributed by atoms with Gasteiger partial charge in [-0.2, -0.15) is 0 Å². The number of carbonyl (C=O) groups excluding carboxylic acids is 2. The molecule has 1 aromatic rings. The van der Waals surface area contributed by atoms with E-state index in [1.54, 1.807) is 0 Å². The molecule has 1 aromatic carbocycles. The average molecular weight is 306 g/mol. The Balaban J connectivity index is 1.78. The fourth-order valence-corrected chi connectivity index (χ4v) is 3.07. The normalized spacial score (nSPS) is 18.6. The molecular formula is C14H18N4O4+2. The third-order valence-electron chi connectivity index (χ3n) is 4.27. The number of nitrogens with one attached hydrogen (secondary N) is 1. The number of fused-ring (bicyclic) bond motifs is 1. The molecule has 2 aliphatic rings. The number of nitrogens with zero attached hydrogens (tertiary/aromatic N) is 2. The summed E-state index contributed by atoms with van der Waals surface area (Å²) >= 11 is 0. The van der Waals surface area contributed by atoms with Crippen molar-refractivity contribution in [1.29, 1.82) is 0 Å². The van der Waals surface area contributed by atoms with Gasteiger partial charge in [0.05, 0.1) is 23.6 Å². The fraction of sp³-hybridized carbons (Fsp3) is 0.429. The number of hydrogen-bond acceptors (Lipinski definition) is 4. The number of carbonyl (C=O) groups is 2. The van der Waals surface area contributed by atoms with E-state index >= 15 is 0 Å². The SMILES string of the molecule is O=C1c2cccc([N+](=O)[O-])c2C(=O)N1CC[NH+]1CC[NH2+]CC1. The van der Waals surface area contributed by atoms with E-state index in [9.17, 15) is 19.7 Å². The molecule has 1 fully saturated rings. The van der Waals surface area contributed by atoms with Crippen LogP contribution in [-0.4, -0.2) is 60.9 Å². The van der Waals surface area contributed by atoms with E-state index in [0.29, 0.717) is 13.1 Å². The van der Waals surface area contributed by atoms with Crippen LogP contribution >= 0.6 is 0 Å². The van der Waals surface area contributed by atoms with Gasteiger partial charge in [-0.15, -0.1) is 0 Å². The Kier molecular flexibility index (Phi) is 3.86. The van der Waals surface area contributed by atoms with Crippen LogP contribution < -0.4 is 10.2 Å². The molecule has 2 amide bonds. The zero-order valence-electron chi connectivity index (χ0n) is 12.1. The van der Waals surface area contributed by atoms with Crippen molar-refractivity contribution in [3.8, 4) is 0 Å². The van der Waals surface area contributed by atoms with E-state index in [0.717, 1.165) is 31.1 Å². The van der Waals surface area contributed by atoms with Gasteiger partial charge in [0.2, 0.25) is 0 Å². The van der Waals surface area contributed by atoms with E-state index in [1.165, 1.54) is 23.1 Å². The minimum atomic E-state index is -0.612. The number of benzene rings is 1. The largest absolute Gasteiger partial charge is 0.337 e. The Bertz CT molecular complexity index is 640. The molecule has 0 unspecified atom stereocenters. The van der Waals surface area contributed by atoms with Crippen LogP contribution in [-0.2, 0) is 0 Å². The topological polar surface area (TPSA) is 102 Å². The highest BCUT2D eigenvalue weighted by molar-refractivity contribution is 6.23. The average Bonchev–Trinajstić information content (AvgIpc) is 2.78. The van der Waals surface area contributed by atoms with Crippen molar-refractivity contribution in [2.24, 2.45) is 0 Å². The quantitative estimate of drug-likeness (QED) is 0.369. The Morgan fingerprint density at radius 2 is 1.95 bits per heavy atom. The molecule has 3 rings (SSSR count). The first-order chi connectivity index (χ1) is 10.6. The molecule has 2 aliphatic heterocycles. The number of nitro groups is 1. The minimum Gasteiger partial charge on any atom is -0.337 e. The first kappa shape index (κ1) is 14.6. The third-order valence-corrected chi connectivity index (χ3v) is 4.27. The van der Waals surface area contributed by atoms with Crippen molar-refractivity contribution in [1.82, 2.24) is 4.90 Å². The van der Waals surface area contributed by atoms with Crippen LogP contribution in [0.5, 0.6) is 0 Å². The molecule has 0 spiro atoms. The van der Waals surface area contributed by atoms with E-state index in [1.807, 2.05) is 0 Å². The number of hydrogen-bond donors (Lipinski definition) is 2. The van der Waals surface area contributed by atoms with Gasteiger partial charge in [-0.3, -0.25) is 24.6 Å². The van der Waals surface area contributed by atoms with Gasteiger partial charge < -0.3 is 10.2 Å². The maximum atomic E-state index is 12.4. The number of quaternary nitrogens is 2. The van der Waals surface area contributed by atoms with Gasteiger partial charge in [-0.05, 0) is 6.07 Å². The van der Waals surface area contributed by atoms with Gasteiger partial charge in [0.15, 0.2) is 0 Å². The van der Waals surface area contributed by atoms with Gasteiger partial charge in [-0.1, -0.05) is 6.07 Å². The molecule has 1 saturated heterocycles. The number of rotatable bonds is 4. The smallest absolute Gasteiger partial charge is 0.282 e. The zero-order valence-corrected chi connectivity index (χ0v) is 12.1. The Morgan fingerprint density at radius 3 is 2.64 bits per heavy atom. The van der Waals surface area contributed by atoms with Crippen LogP contribution in [0.2, 0.25) is 0 Å². The standard InChI is InChI=1S/C14H16N4O4/c19-13-10-2-1-3-11(18(21)22)12(10)14(20)17(13)9-8-16-6-4-15-5-7-16/h1-3,15H,4-9H2/p+2. The molecule has 8 nitrogen and oxygen atoms in total. The highest BCUT2D eigenvalue weighted by Gasteiger charge is 2.41. The summed E-state index contributed by atoms with van der Waals surface area (Å²) in [4.78, 5) is 37.6. The third kappa shape index (κ3) is 2.46. The van der Waals surface area contributed by atoms with Gasteiger partial charge in [0.1, 0.15) is 31.7 Å². The summed E-state index contributed by atoms with van der Waals surface area (Å²) in [5.41, 5.74) is -0.223. The van der Waals surface area contributed by atoms with E-state index in [4.69, 9.17) is 0 Å². The second kappa shape index (κ2) is 5.82. The van der Waals surface area contributed by atoms with Gasteiger partial charge >= 0.3 is 0 Å². The summed E-state index contributed by atoms with van der Waals surface area (Å²) in [7, 11) is 0. The van der Waals surface area contributed by atoms with Crippen molar-refractivity contribution >= 4 is 17.5 Å². The monoisotopic (exact) mass is 306 g/mol.